The molecule has 36 heavy (non-hydrogen) atoms. The molecule has 1 aliphatic heterocycles. The molecule has 1 fully saturated rings. The summed E-state index contributed by atoms with van der Waals surface area (Å²) in [5, 5.41) is 2.27. The van der Waals surface area contributed by atoms with Gasteiger partial charge in [0, 0.05) is 17.1 Å². The Labute approximate surface area is 209 Å². The molecule has 0 aliphatic carbocycles. The number of carbonyl (C=O) groups is 4. The molecule has 0 saturated carbocycles. The van der Waals surface area contributed by atoms with Crippen molar-refractivity contribution in [2.24, 2.45) is 0 Å². The van der Waals surface area contributed by atoms with E-state index in [2.05, 4.69) is 19.2 Å². The molecule has 3 aromatic rings. The number of hydrogen-bond donors (Lipinski definition) is 1. The number of ether oxygens (including phenoxy) is 1. The van der Waals surface area contributed by atoms with Crippen LogP contribution in [0.15, 0.2) is 60.2 Å². The summed E-state index contributed by atoms with van der Waals surface area (Å²) in [5.41, 5.74) is 4.88. The van der Waals surface area contributed by atoms with E-state index in [1.807, 2.05) is 36.6 Å². The third-order valence-corrected chi connectivity index (χ3v) is 6.24. The van der Waals surface area contributed by atoms with Crippen LogP contribution in [-0.2, 0) is 14.3 Å². The third-order valence-electron chi connectivity index (χ3n) is 6.24. The highest BCUT2D eigenvalue weighted by molar-refractivity contribution is 6.39. The summed E-state index contributed by atoms with van der Waals surface area (Å²) in [6.07, 6.45) is 1.50. The van der Waals surface area contributed by atoms with Crippen molar-refractivity contribution in [2.45, 2.75) is 33.6 Å². The number of anilines is 1. The Morgan fingerprint density at radius 2 is 1.56 bits per heavy atom. The number of amides is 4. The summed E-state index contributed by atoms with van der Waals surface area (Å²) in [7, 11) is 1.33. The lowest BCUT2D eigenvalue weighted by Crippen LogP contribution is -2.54. The van der Waals surface area contributed by atoms with Crippen molar-refractivity contribution in [3.8, 4) is 5.69 Å². The van der Waals surface area contributed by atoms with Crippen molar-refractivity contribution < 1.29 is 23.9 Å². The molecule has 0 atom stereocenters. The SMILES string of the molecule is COC(=O)c1ccc(-n2c(C)cc(/C=C3/C(=O)NC(=O)N(c4ccc(C(C)C)cc4)C3=O)c2C)cc1. The van der Waals surface area contributed by atoms with E-state index in [-0.39, 0.29) is 5.57 Å². The van der Waals surface area contributed by atoms with Gasteiger partial charge in [-0.25, -0.2) is 14.5 Å². The van der Waals surface area contributed by atoms with E-state index in [1.54, 1.807) is 36.4 Å². The minimum Gasteiger partial charge on any atom is -0.465 e. The summed E-state index contributed by atoms with van der Waals surface area (Å²) in [4.78, 5) is 51.2. The number of aromatic nitrogens is 1. The van der Waals surface area contributed by atoms with Crippen molar-refractivity contribution in [3.05, 3.63) is 88.2 Å². The van der Waals surface area contributed by atoms with E-state index < -0.39 is 23.8 Å². The number of nitrogens with one attached hydrogen (secondary N) is 1. The number of methoxy groups -OCH3 is 1. The lowest BCUT2D eigenvalue weighted by atomic mass is 10.0. The molecule has 4 amide bonds. The molecule has 0 bridgehead atoms. The lowest BCUT2D eigenvalue weighted by Gasteiger charge is -2.26. The van der Waals surface area contributed by atoms with E-state index in [9.17, 15) is 19.2 Å². The van der Waals surface area contributed by atoms with Gasteiger partial charge in [0.1, 0.15) is 5.57 Å². The molecule has 1 saturated heterocycles. The van der Waals surface area contributed by atoms with Crippen molar-refractivity contribution >= 4 is 35.6 Å². The van der Waals surface area contributed by atoms with Crippen LogP contribution in [0.5, 0.6) is 0 Å². The summed E-state index contributed by atoms with van der Waals surface area (Å²) in [5.74, 6) is -1.55. The minimum atomic E-state index is -0.782. The second kappa shape index (κ2) is 9.65. The molecule has 2 aromatic carbocycles. The van der Waals surface area contributed by atoms with Gasteiger partial charge in [-0.05, 0) is 79.4 Å². The maximum Gasteiger partial charge on any atom is 0.337 e. The molecule has 0 unspecified atom stereocenters. The number of rotatable bonds is 5. The summed E-state index contributed by atoms with van der Waals surface area (Å²) in [6, 6.07) is 15.1. The first-order chi connectivity index (χ1) is 17.1. The molecule has 8 heteroatoms. The smallest absolute Gasteiger partial charge is 0.337 e. The molecular formula is C28H27N3O5. The van der Waals surface area contributed by atoms with Crippen LogP contribution in [0.4, 0.5) is 10.5 Å². The van der Waals surface area contributed by atoms with Gasteiger partial charge in [0.2, 0.25) is 0 Å². The van der Waals surface area contributed by atoms with Crippen molar-refractivity contribution in [1.82, 2.24) is 9.88 Å². The maximum absolute atomic E-state index is 13.3. The van der Waals surface area contributed by atoms with E-state index in [4.69, 9.17) is 4.74 Å². The molecule has 0 spiro atoms. The molecule has 0 radical (unpaired) electrons. The van der Waals surface area contributed by atoms with Crippen LogP contribution in [-0.4, -0.2) is 35.5 Å². The fourth-order valence-corrected chi connectivity index (χ4v) is 4.25. The summed E-state index contributed by atoms with van der Waals surface area (Å²) < 4.78 is 6.70. The third kappa shape index (κ3) is 4.45. The normalized spacial score (nSPS) is 15.0. The molecule has 1 aliphatic rings. The van der Waals surface area contributed by atoms with E-state index >= 15 is 0 Å². The van der Waals surface area contributed by atoms with Crippen LogP contribution in [0, 0.1) is 13.8 Å². The van der Waals surface area contributed by atoms with E-state index in [0.717, 1.165) is 27.5 Å². The number of esters is 1. The standard InChI is InChI=1S/C28H27N3O5/c1-16(2)19-6-10-23(11-7-19)31-26(33)24(25(32)29-28(31)35)15-21-14-17(3)30(18(21)4)22-12-8-20(9-13-22)27(34)36-5/h6-16H,1-5H3,(H,29,32,35)/b24-15-. The first-order valence-electron chi connectivity index (χ1n) is 11.5. The number of nitrogens with zero attached hydrogens (tertiary/aromatic N) is 2. The van der Waals surface area contributed by atoms with Gasteiger partial charge in [0.25, 0.3) is 11.8 Å². The van der Waals surface area contributed by atoms with Crippen molar-refractivity contribution in [3.63, 3.8) is 0 Å². The molecule has 184 valence electrons. The Kier molecular flexibility index (Phi) is 6.61. The molecule has 2 heterocycles. The predicted molar refractivity (Wildman–Crippen MR) is 136 cm³/mol. The van der Waals surface area contributed by atoms with Gasteiger partial charge in [0.15, 0.2) is 0 Å². The first-order valence-corrected chi connectivity index (χ1v) is 11.5. The van der Waals surface area contributed by atoms with Gasteiger partial charge < -0.3 is 9.30 Å². The first kappa shape index (κ1) is 24.7. The molecule has 1 N–H and O–H groups in total. The van der Waals surface area contributed by atoms with Crippen LogP contribution < -0.4 is 10.2 Å². The van der Waals surface area contributed by atoms with Crippen LogP contribution in [0.2, 0.25) is 0 Å². The van der Waals surface area contributed by atoms with Gasteiger partial charge in [-0.1, -0.05) is 26.0 Å². The maximum atomic E-state index is 13.3. The number of urea groups is 1. The Hall–Kier alpha value is -4.46. The summed E-state index contributed by atoms with van der Waals surface area (Å²) >= 11 is 0. The highest BCUT2D eigenvalue weighted by Crippen LogP contribution is 2.27. The van der Waals surface area contributed by atoms with Crippen LogP contribution in [0.3, 0.4) is 0 Å². The highest BCUT2D eigenvalue weighted by Gasteiger charge is 2.37. The second-order valence-corrected chi connectivity index (χ2v) is 8.90. The number of barbiturate groups is 1. The van der Waals surface area contributed by atoms with Gasteiger partial charge in [-0.15, -0.1) is 0 Å². The Balaban J connectivity index is 1.69. The molecule has 1 aromatic heterocycles. The average molecular weight is 486 g/mol. The second-order valence-electron chi connectivity index (χ2n) is 8.90. The number of hydrogen-bond acceptors (Lipinski definition) is 5. The predicted octanol–water partition coefficient (Wildman–Crippen LogP) is 4.67. The van der Waals surface area contributed by atoms with Crippen LogP contribution in [0.25, 0.3) is 11.8 Å². The van der Waals surface area contributed by atoms with Gasteiger partial charge in [-0.3, -0.25) is 14.9 Å². The number of imide groups is 2. The lowest BCUT2D eigenvalue weighted by molar-refractivity contribution is -0.122. The van der Waals surface area contributed by atoms with Gasteiger partial charge in [-0.2, -0.15) is 0 Å². The monoisotopic (exact) mass is 485 g/mol. The Bertz CT molecular complexity index is 1400. The Morgan fingerprint density at radius 3 is 2.14 bits per heavy atom. The number of aryl methyl sites for hydroxylation is 1. The summed E-state index contributed by atoms with van der Waals surface area (Å²) in [6.45, 7) is 7.87. The molecule has 8 nitrogen and oxygen atoms in total. The largest absolute Gasteiger partial charge is 0.465 e. The topological polar surface area (TPSA) is 97.7 Å². The van der Waals surface area contributed by atoms with Crippen molar-refractivity contribution in [2.75, 3.05) is 12.0 Å². The molecular weight excluding hydrogens is 458 g/mol. The Morgan fingerprint density at radius 1 is 0.944 bits per heavy atom. The highest BCUT2D eigenvalue weighted by atomic mass is 16.5. The zero-order chi connectivity index (χ0) is 26.1. The van der Waals surface area contributed by atoms with Gasteiger partial charge >= 0.3 is 12.0 Å². The average Bonchev–Trinajstić information content (AvgIpc) is 3.14. The molecule has 4 rings (SSSR count). The quantitative estimate of drug-likeness (QED) is 0.322. The number of benzene rings is 2. The van der Waals surface area contributed by atoms with Gasteiger partial charge in [0.05, 0.1) is 18.4 Å². The minimum absolute atomic E-state index is 0.135. The fourth-order valence-electron chi connectivity index (χ4n) is 4.25. The van der Waals surface area contributed by atoms with Crippen molar-refractivity contribution in [1.29, 1.82) is 0 Å². The fraction of sp³-hybridized carbons (Fsp3) is 0.214. The zero-order valence-corrected chi connectivity index (χ0v) is 20.8. The van der Waals surface area contributed by atoms with E-state index in [1.165, 1.54) is 13.2 Å². The van der Waals surface area contributed by atoms with Crippen LogP contribution >= 0.6 is 0 Å². The number of carbonyl (C=O) groups excluding carboxylic acids is 4. The van der Waals surface area contributed by atoms with Crippen LogP contribution in [0.1, 0.15) is 52.6 Å². The zero-order valence-electron chi connectivity index (χ0n) is 20.8. The van der Waals surface area contributed by atoms with E-state index in [0.29, 0.717) is 22.7 Å².